The SMILES string of the molecule is CCOC(=O)CCC(N)C(=O)OF. The molecule has 0 aliphatic carbocycles. The Morgan fingerprint density at radius 1 is 1.54 bits per heavy atom. The summed E-state index contributed by atoms with van der Waals surface area (Å²) in [6, 6.07) is -1.12. The zero-order valence-electron chi connectivity index (χ0n) is 7.29. The van der Waals surface area contributed by atoms with Crippen LogP contribution in [0.15, 0.2) is 0 Å². The summed E-state index contributed by atoms with van der Waals surface area (Å²) in [7, 11) is 0. The zero-order chi connectivity index (χ0) is 10.3. The van der Waals surface area contributed by atoms with Gasteiger partial charge < -0.3 is 10.5 Å². The second-order valence-corrected chi connectivity index (χ2v) is 2.35. The van der Waals surface area contributed by atoms with Crippen LogP contribution in [0.2, 0.25) is 0 Å². The van der Waals surface area contributed by atoms with Crippen LogP contribution < -0.4 is 5.73 Å². The highest BCUT2D eigenvalue weighted by atomic mass is 19.3. The van der Waals surface area contributed by atoms with E-state index < -0.39 is 18.0 Å². The van der Waals surface area contributed by atoms with Crippen molar-refractivity contribution in [1.82, 2.24) is 0 Å². The van der Waals surface area contributed by atoms with Crippen LogP contribution in [0.5, 0.6) is 0 Å². The Hall–Kier alpha value is -1.17. The fourth-order valence-corrected chi connectivity index (χ4v) is 0.682. The molecule has 1 atom stereocenters. The van der Waals surface area contributed by atoms with E-state index in [1.807, 2.05) is 0 Å². The van der Waals surface area contributed by atoms with Gasteiger partial charge >= 0.3 is 11.9 Å². The second kappa shape index (κ2) is 6.36. The van der Waals surface area contributed by atoms with Crippen molar-refractivity contribution in [1.29, 1.82) is 0 Å². The molecule has 1 unspecified atom stereocenters. The van der Waals surface area contributed by atoms with Crippen LogP contribution in [0.4, 0.5) is 4.53 Å². The van der Waals surface area contributed by atoms with Crippen LogP contribution in [0.1, 0.15) is 19.8 Å². The van der Waals surface area contributed by atoms with E-state index in [0.717, 1.165) is 0 Å². The van der Waals surface area contributed by atoms with Crippen LogP contribution in [0.25, 0.3) is 0 Å². The Balaban J connectivity index is 3.63. The summed E-state index contributed by atoms with van der Waals surface area (Å²) in [5.74, 6) is -1.64. The van der Waals surface area contributed by atoms with Crippen LogP contribution in [0.3, 0.4) is 0 Å². The molecule has 6 heteroatoms. The van der Waals surface area contributed by atoms with Gasteiger partial charge in [-0.1, -0.05) is 0 Å². The van der Waals surface area contributed by atoms with E-state index in [1.54, 1.807) is 6.92 Å². The number of hydrogen-bond donors (Lipinski definition) is 1. The molecule has 0 aromatic rings. The number of carbonyl (C=O) groups excluding carboxylic acids is 2. The highest BCUT2D eigenvalue weighted by Gasteiger charge is 2.17. The van der Waals surface area contributed by atoms with E-state index in [0.29, 0.717) is 0 Å². The number of rotatable bonds is 5. The molecule has 0 aromatic heterocycles. The topological polar surface area (TPSA) is 78.6 Å². The van der Waals surface area contributed by atoms with E-state index in [-0.39, 0.29) is 19.4 Å². The predicted molar refractivity (Wildman–Crippen MR) is 41.0 cm³/mol. The van der Waals surface area contributed by atoms with Crippen molar-refractivity contribution in [2.24, 2.45) is 5.73 Å². The molecule has 0 radical (unpaired) electrons. The predicted octanol–water partition coefficient (Wildman–Crippen LogP) is 0.0847. The number of nitrogens with two attached hydrogens (primary N) is 1. The molecule has 5 nitrogen and oxygen atoms in total. The van der Waals surface area contributed by atoms with Crippen molar-refractivity contribution in [3.63, 3.8) is 0 Å². The largest absolute Gasteiger partial charge is 0.466 e. The van der Waals surface area contributed by atoms with Crippen LogP contribution in [-0.4, -0.2) is 24.6 Å². The zero-order valence-corrected chi connectivity index (χ0v) is 7.29. The maximum atomic E-state index is 11.3. The third-order valence-electron chi connectivity index (χ3n) is 1.34. The number of carbonyl (C=O) groups is 2. The lowest BCUT2D eigenvalue weighted by Crippen LogP contribution is -2.31. The van der Waals surface area contributed by atoms with E-state index in [4.69, 9.17) is 5.73 Å². The van der Waals surface area contributed by atoms with Crippen molar-refractivity contribution in [3.8, 4) is 0 Å². The van der Waals surface area contributed by atoms with Gasteiger partial charge in [-0.25, -0.2) is 4.79 Å². The molecule has 0 aliphatic rings. The van der Waals surface area contributed by atoms with E-state index in [1.165, 1.54) is 0 Å². The van der Waals surface area contributed by atoms with Crippen molar-refractivity contribution in [2.45, 2.75) is 25.8 Å². The average Bonchev–Trinajstić information content (AvgIpc) is 2.13. The second-order valence-electron chi connectivity index (χ2n) is 2.35. The molecular formula is C7H12FNO4. The summed E-state index contributed by atoms with van der Waals surface area (Å²) >= 11 is 0. The Bertz CT molecular complexity index is 185. The van der Waals surface area contributed by atoms with Crippen LogP contribution in [-0.2, 0) is 19.3 Å². The van der Waals surface area contributed by atoms with Crippen molar-refractivity contribution in [2.75, 3.05) is 6.61 Å². The molecule has 0 fully saturated rings. The first-order valence-corrected chi connectivity index (χ1v) is 3.85. The van der Waals surface area contributed by atoms with Gasteiger partial charge in [-0.05, 0) is 13.3 Å². The highest BCUT2D eigenvalue weighted by Crippen LogP contribution is 1.99. The fourth-order valence-electron chi connectivity index (χ4n) is 0.682. The molecule has 0 aromatic carbocycles. The van der Waals surface area contributed by atoms with Gasteiger partial charge in [-0.2, -0.15) is 0 Å². The molecule has 0 aliphatic heterocycles. The smallest absolute Gasteiger partial charge is 0.365 e. The molecule has 76 valence electrons. The van der Waals surface area contributed by atoms with Crippen LogP contribution >= 0.6 is 0 Å². The van der Waals surface area contributed by atoms with Crippen molar-refractivity contribution >= 4 is 11.9 Å². The monoisotopic (exact) mass is 193 g/mol. The lowest BCUT2D eigenvalue weighted by Gasteiger charge is -2.05. The number of halogens is 1. The summed E-state index contributed by atoms with van der Waals surface area (Å²) in [6.07, 6.45) is -0.00824. The van der Waals surface area contributed by atoms with Crippen molar-refractivity contribution < 1.29 is 23.8 Å². The third-order valence-corrected chi connectivity index (χ3v) is 1.34. The van der Waals surface area contributed by atoms with E-state index in [9.17, 15) is 14.1 Å². The van der Waals surface area contributed by atoms with E-state index in [2.05, 4.69) is 9.68 Å². The third kappa shape index (κ3) is 5.13. The van der Waals surface area contributed by atoms with Gasteiger partial charge in [0.15, 0.2) is 0 Å². The molecule has 0 heterocycles. The van der Waals surface area contributed by atoms with E-state index >= 15 is 0 Å². The van der Waals surface area contributed by atoms with Gasteiger partial charge in [-0.3, -0.25) is 9.74 Å². The number of ether oxygens (including phenoxy) is 1. The standard InChI is InChI=1S/C7H12FNO4/c1-2-12-6(10)4-3-5(9)7(11)13-8/h5H,2-4,9H2,1H3. The Kier molecular flexibility index (Phi) is 5.79. The maximum Gasteiger partial charge on any atom is 0.365 e. The first-order valence-electron chi connectivity index (χ1n) is 3.85. The highest BCUT2D eigenvalue weighted by molar-refractivity contribution is 5.76. The maximum absolute atomic E-state index is 11.3. The first kappa shape index (κ1) is 11.8. The normalized spacial score (nSPS) is 11.9. The summed E-state index contributed by atoms with van der Waals surface area (Å²) in [4.78, 5) is 24.0. The molecule has 2 N–H and O–H groups in total. The minimum absolute atomic E-state index is 0.0155. The molecule has 0 rings (SSSR count). The average molecular weight is 193 g/mol. The molecule has 0 bridgehead atoms. The Morgan fingerprint density at radius 2 is 2.15 bits per heavy atom. The van der Waals surface area contributed by atoms with Gasteiger partial charge in [-0.15, -0.1) is 0 Å². The lowest BCUT2D eigenvalue weighted by atomic mass is 10.2. The minimum Gasteiger partial charge on any atom is -0.466 e. The molecule has 0 saturated carbocycles. The Morgan fingerprint density at radius 3 is 2.62 bits per heavy atom. The quantitative estimate of drug-likeness (QED) is 0.626. The summed E-state index contributed by atoms with van der Waals surface area (Å²) in [5.41, 5.74) is 5.15. The lowest BCUT2D eigenvalue weighted by molar-refractivity contribution is -0.185. The Labute approximate surface area is 74.9 Å². The number of esters is 1. The minimum atomic E-state index is -1.18. The first-order chi connectivity index (χ1) is 6.11. The van der Waals surface area contributed by atoms with Crippen molar-refractivity contribution in [3.05, 3.63) is 0 Å². The number of hydrogen-bond acceptors (Lipinski definition) is 5. The van der Waals surface area contributed by atoms with Gasteiger partial charge in [0.1, 0.15) is 6.04 Å². The molecule has 0 spiro atoms. The fraction of sp³-hybridized carbons (Fsp3) is 0.714. The summed E-state index contributed by atoms with van der Waals surface area (Å²) < 4.78 is 15.8. The van der Waals surface area contributed by atoms with Gasteiger partial charge in [0.25, 0.3) is 0 Å². The summed E-state index contributed by atoms with van der Waals surface area (Å²) in [5, 5.41) is 0. The van der Waals surface area contributed by atoms with Gasteiger partial charge in [0.2, 0.25) is 0 Å². The molecule has 0 saturated heterocycles. The van der Waals surface area contributed by atoms with Crippen LogP contribution in [0, 0.1) is 0 Å². The molecule has 13 heavy (non-hydrogen) atoms. The molecule has 0 amide bonds. The van der Waals surface area contributed by atoms with Gasteiger partial charge in [0, 0.05) is 10.9 Å². The molecular weight excluding hydrogens is 181 g/mol. The summed E-state index contributed by atoms with van der Waals surface area (Å²) in [6.45, 7) is 1.93. The van der Waals surface area contributed by atoms with Gasteiger partial charge in [0.05, 0.1) is 6.61 Å².